The van der Waals surface area contributed by atoms with Gasteiger partial charge in [-0.1, -0.05) is 184 Å². The Morgan fingerprint density at radius 2 is 0.852 bits per heavy atom. The summed E-state index contributed by atoms with van der Waals surface area (Å²) in [4.78, 5) is 17.7. The molecule has 2 aliphatic rings. The van der Waals surface area contributed by atoms with E-state index in [0.717, 1.165) is 44.9 Å². The van der Waals surface area contributed by atoms with Crippen LogP contribution in [-0.4, -0.2) is 15.0 Å². The van der Waals surface area contributed by atoms with Gasteiger partial charge < -0.3 is 4.90 Å². The van der Waals surface area contributed by atoms with Crippen molar-refractivity contribution in [1.82, 2.24) is 15.0 Å². The molecule has 0 radical (unpaired) electrons. The number of para-hydroxylation sites is 2. The Balaban J connectivity index is 1.14. The van der Waals surface area contributed by atoms with Gasteiger partial charge in [0.2, 0.25) is 0 Å². The van der Waals surface area contributed by atoms with Crippen molar-refractivity contribution in [3.05, 3.63) is 239 Å². The van der Waals surface area contributed by atoms with Crippen LogP contribution in [0.1, 0.15) is 58.4 Å². The van der Waals surface area contributed by atoms with Crippen molar-refractivity contribution in [3.63, 3.8) is 0 Å². The van der Waals surface area contributed by atoms with Gasteiger partial charge in [0.15, 0.2) is 17.5 Å². The molecular formula is C57H44N4. The molecule has 0 spiro atoms. The molecule has 0 amide bonds. The summed E-state index contributed by atoms with van der Waals surface area (Å²) in [6, 6.07) is 70.2. The van der Waals surface area contributed by atoms with E-state index in [2.05, 4.69) is 190 Å². The molecule has 0 bridgehead atoms. The molecule has 1 aliphatic heterocycles. The van der Waals surface area contributed by atoms with Gasteiger partial charge in [0.1, 0.15) is 0 Å². The van der Waals surface area contributed by atoms with Gasteiger partial charge in [-0.3, -0.25) is 0 Å². The van der Waals surface area contributed by atoms with Crippen LogP contribution in [0.2, 0.25) is 0 Å². The highest BCUT2D eigenvalue weighted by atomic mass is 15.2. The average molecular weight is 785 g/mol. The van der Waals surface area contributed by atoms with E-state index in [0.29, 0.717) is 17.5 Å². The van der Waals surface area contributed by atoms with Crippen molar-refractivity contribution in [1.29, 1.82) is 0 Å². The van der Waals surface area contributed by atoms with Crippen LogP contribution in [0.4, 0.5) is 17.1 Å². The van der Waals surface area contributed by atoms with Crippen LogP contribution in [-0.2, 0) is 10.8 Å². The minimum absolute atomic E-state index is 0.218. The second-order valence-electron chi connectivity index (χ2n) is 16.9. The monoisotopic (exact) mass is 784 g/mol. The normalized spacial score (nSPS) is 14.1. The lowest BCUT2D eigenvalue weighted by molar-refractivity contribution is 0.625. The van der Waals surface area contributed by atoms with E-state index < -0.39 is 5.41 Å². The molecule has 0 saturated heterocycles. The smallest absolute Gasteiger partial charge is 0.164 e. The summed E-state index contributed by atoms with van der Waals surface area (Å²) in [7, 11) is 0. The number of anilines is 3. The highest BCUT2D eigenvalue weighted by Crippen LogP contribution is 2.62. The van der Waals surface area contributed by atoms with Gasteiger partial charge in [0.25, 0.3) is 0 Å². The predicted molar refractivity (Wildman–Crippen MR) is 250 cm³/mol. The minimum atomic E-state index is -0.620. The molecule has 0 N–H and O–H groups in total. The topological polar surface area (TPSA) is 41.9 Å². The van der Waals surface area contributed by atoms with Crippen molar-refractivity contribution >= 4 is 17.1 Å². The lowest BCUT2D eigenvalue weighted by Crippen LogP contribution is -2.39. The Hall–Kier alpha value is -7.43. The molecule has 9 aromatic rings. The van der Waals surface area contributed by atoms with Gasteiger partial charge in [-0.15, -0.1) is 0 Å². The quantitative estimate of drug-likeness (QED) is 0.168. The Morgan fingerprint density at radius 1 is 0.377 bits per heavy atom. The fraction of sp³-hybridized carbons (Fsp3) is 0.105. The lowest BCUT2D eigenvalue weighted by Gasteiger charge is -2.48. The first-order valence-corrected chi connectivity index (χ1v) is 21.1. The number of hydrogen-bond acceptors (Lipinski definition) is 4. The predicted octanol–water partition coefficient (Wildman–Crippen LogP) is 14.0. The third-order valence-electron chi connectivity index (χ3n) is 13.0. The lowest BCUT2D eigenvalue weighted by atomic mass is 9.59. The van der Waals surface area contributed by atoms with E-state index in [1.54, 1.807) is 0 Å². The molecular weight excluding hydrogens is 741 g/mol. The summed E-state index contributed by atoms with van der Waals surface area (Å²) in [6.45, 7) is 9.19. The van der Waals surface area contributed by atoms with E-state index in [-0.39, 0.29) is 5.41 Å². The zero-order valence-electron chi connectivity index (χ0n) is 34.8. The van der Waals surface area contributed by atoms with E-state index in [1.165, 1.54) is 44.5 Å². The molecule has 4 nitrogen and oxygen atoms in total. The molecule has 11 rings (SSSR count). The van der Waals surface area contributed by atoms with Crippen LogP contribution in [0, 0.1) is 13.8 Å². The molecule has 2 heterocycles. The molecule has 1 aromatic heterocycles. The van der Waals surface area contributed by atoms with Crippen LogP contribution in [0.5, 0.6) is 0 Å². The van der Waals surface area contributed by atoms with Crippen LogP contribution in [0.25, 0.3) is 45.3 Å². The van der Waals surface area contributed by atoms with E-state index in [9.17, 15) is 0 Å². The molecule has 292 valence electrons. The van der Waals surface area contributed by atoms with E-state index in [4.69, 9.17) is 15.0 Å². The standard InChI is InChI=1S/C57H44N4/c1-37-36-51(38(2)35-44(37)55-59-53(39-21-8-5-9-22-39)58-54(60-55)40-23-10-6-11-24-40)61-49-33-18-16-30-46(49)57(41-25-12-7-13-26-41,47-31-17-19-34-50(47)61)48-32-20-28-43-42-27-14-15-29-45(42)56(3,4)52(43)48/h5-36H,1-4H3. The van der Waals surface area contributed by atoms with Crippen molar-refractivity contribution < 1.29 is 0 Å². The maximum Gasteiger partial charge on any atom is 0.164 e. The fourth-order valence-electron chi connectivity index (χ4n) is 10.3. The summed E-state index contributed by atoms with van der Waals surface area (Å²) in [5.74, 6) is 1.96. The van der Waals surface area contributed by atoms with E-state index in [1.807, 2.05) is 36.4 Å². The highest BCUT2D eigenvalue weighted by Gasteiger charge is 2.50. The molecule has 8 aromatic carbocycles. The highest BCUT2D eigenvalue weighted by molar-refractivity contribution is 5.93. The molecule has 0 fully saturated rings. The number of rotatable bonds is 6. The molecule has 1 aliphatic carbocycles. The largest absolute Gasteiger partial charge is 0.310 e. The molecule has 4 heteroatoms. The van der Waals surface area contributed by atoms with Gasteiger partial charge in [-0.05, 0) is 93.7 Å². The first-order valence-electron chi connectivity index (χ1n) is 21.1. The summed E-state index contributed by atoms with van der Waals surface area (Å²) in [6.07, 6.45) is 0. The Labute approximate surface area is 357 Å². The average Bonchev–Trinajstić information content (AvgIpc) is 3.55. The van der Waals surface area contributed by atoms with Crippen molar-refractivity contribution in [2.45, 2.75) is 38.5 Å². The molecule has 61 heavy (non-hydrogen) atoms. The fourth-order valence-corrected chi connectivity index (χ4v) is 10.3. The van der Waals surface area contributed by atoms with Gasteiger partial charge in [-0.2, -0.15) is 0 Å². The van der Waals surface area contributed by atoms with Crippen LogP contribution in [0.15, 0.2) is 194 Å². The van der Waals surface area contributed by atoms with Gasteiger partial charge >= 0.3 is 0 Å². The Kier molecular flexibility index (Phi) is 8.47. The number of benzene rings is 8. The van der Waals surface area contributed by atoms with Gasteiger partial charge in [0, 0.05) is 27.8 Å². The molecule has 0 saturated carbocycles. The van der Waals surface area contributed by atoms with Gasteiger partial charge in [0.05, 0.1) is 16.8 Å². The zero-order valence-corrected chi connectivity index (χ0v) is 34.8. The number of nitrogens with zero attached hydrogens (tertiary/aromatic N) is 4. The summed E-state index contributed by atoms with van der Waals surface area (Å²) >= 11 is 0. The van der Waals surface area contributed by atoms with Crippen LogP contribution < -0.4 is 4.90 Å². The zero-order chi connectivity index (χ0) is 41.3. The third-order valence-corrected chi connectivity index (χ3v) is 13.0. The molecule has 0 atom stereocenters. The third kappa shape index (κ3) is 5.55. The van der Waals surface area contributed by atoms with Crippen molar-refractivity contribution in [2.75, 3.05) is 4.90 Å². The number of hydrogen-bond donors (Lipinski definition) is 0. The van der Waals surface area contributed by atoms with Crippen molar-refractivity contribution in [3.8, 4) is 45.3 Å². The number of aryl methyl sites for hydroxylation is 2. The Morgan fingerprint density at radius 3 is 1.46 bits per heavy atom. The first-order chi connectivity index (χ1) is 29.9. The first kappa shape index (κ1) is 36.6. The van der Waals surface area contributed by atoms with E-state index >= 15 is 0 Å². The second kappa shape index (κ2) is 14.1. The summed E-state index contributed by atoms with van der Waals surface area (Å²) in [5.41, 5.74) is 18.1. The van der Waals surface area contributed by atoms with Crippen molar-refractivity contribution in [2.24, 2.45) is 0 Å². The summed E-state index contributed by atoms with van der Waals surface area (Å²) < 4.78 is 0. The SMILES string of the molecule is Cc1cc(N2c3ccccc3C(c3ccccc3)(c3cccc4c3C(C)(C)c3ccccc3-4)c3ccccc32)c(C)cc1-c1nc(-c2ccccc2)nc(-c2ccccc2)n1. The number of aromatic nitrogens is 3. The summed E-state index contributed by atoms with van der Waals surface area (Å²) in [5, 5.41) is 0. The second-order valence-corrected chi connectivity index (χ2v) is 16.9. The van der Waals surface area contributed by atoms with Gasteiger partial charge in [-0.25, -0.2) is 15.0 Å². The van der Waals surface area contributed by atoms with Crippen LogP contribution >= 0.6 is 0 Å². The maximum absolute atomic E-state index is 5.12. The number of fused-ring (bicyclic) bond motifs is 5. The maximum atomic E-state index is 5.12. The minimum Gasteiger partial charge on any atom is -0.310 e. The molecule has 0 unspecified atom stereocenters. The van der Waals surface area contributed by atoms with Crippen LogP contribution in [0.3, 0.4) is 0 Å². The Bertz CT molecular complexity index is 3030.